The molecule has 0 spiro atoms. The highest BCUT2D eigenvalue weighted by Gasteiger charge is 2.18. The fraction of sp³-hybridized carbons (Fsp3) is 0. The quantitative estimate of drug-likeness (QED) is 0.209. The van der Waals surface area contributed by atoms with Crippen LogP contribution in [0.4, 0.5) is 0 Å². The molecular weight excluding hydrogens is 490 g/mol. The van der Waals surface area contributed by atoms with Crippen molar-refractivity contribution in [3.8, 4) is 22.8 Å². The fourth-order valence-electron chi connectivity index (χ4n) is 5.52. The maximum atomic E-state index is 4.92. The highest BCUT2D eigenvalue weighted by molar-refractivity contribution is 6.21. The number of para-hydroxylation sites is 2. The van der Waals surface area contributed by atoms with Gasteiger partial charge >= 0.3 is 0 Å². The molecule has 0 radical (unpaired) electrons. The van der Waals surface area contributed by atoms with Crippen molar-refractivity contribution >= 4 is 38.4 Å². The van der Waals surface area contributed by atoms with Crippen LogP contribution in [0.1, 0.15) is 5.69 Å². The number of allylic oxidation sites excluding steroid dienone is 1. The third-order valence-corrected chi connectivity index (χ3v) is 7.22. The monoisotopic (exact) mass is 515 g/mol. The van der Waals surface area contributed by atoms with Crippen LogP contribution in [0.5, 0.6) is 0 Å². The summed E-state index contributed by atoms with van der Waals surface area (Å²) in [6.07, 6.45) is 7.15. The number of hydrogen-bond donors (Lipinski definition) is 0. The van der Waals surface area contributed by atoms with E-state index in [4.69, 9.17) is 4.98 Å². The molecule has 0 saturated heterocycles. The molecule has 0 fully saturated rings. The molecule has 190 valence electrons. The lowest BCUT2D eigenvalue weighted by molar-refractivity contribution is 1.13. The van der Waals surface area contributed by atoms with Crippen molar-refractivity contribution in [3.63, 3.8) is 0 Å². The van der Waals surface area contributed by atoms with Crippen LogP contribution in [0.15, 0.2) is 146 Å². The van der Waals surface area contributed by atoms with Gasteiger partial charge in [0.2, 0.25) is 0 Å². The molecular formula is C35H25N5. The van der Waals surface area contributed by atoms with E-state index in [1.807, 2.05) is 24.3 Å². The van der Waals surface area contributed by atoms with E-state index >= 15 is 0 Å². The predicted octanol–water partition coefficient (Wildman–Crippen LogP) is 8.30. The largest absolute Gasteiger partial charge is 0.317 e. The van der Waals surface area contributed by atoms with E-state index in [0.717, 1.165) is 33.8 Å². The Labute approximate surface area is 231 Å². The summed E-state index contributed by atoms with van der Waals surface area (Å²) in [6.45, 7) is 7.75. The minimum Gasteiger partial charge on any atom is -0.317 e. The molecule has 0 unspecified atom stereocenters. The molecule has 0 amide bonds. The molecule has 0 bridgehead atoms. The van der Waals surface area contributed by atoms with Crippen LogP contribution in [-0.4, -0.2) is 24.8 Å². The van der Waals surface area contributed by atoms with E-state index in [1.165, 1.54) is 27.9 Å². The van der Waals surface area contributed by atoms with Gasteiger partial charge in [-0.25, -0.2) is 4.98 Å². The number of nitrogens with zero attached hydrogens (tertiary/aromatic N) is 5. The lowest BCUT2D eigenvalue weighted by Gasteiger charge is -2.13. The summed E-state index contributed by atoms with van der Waals surface area (Å²) in [7, 11) is 0. The zero-order chi connectivity index (χ0) is 27.1. The van der Waals surface area contributed by atoms with Crippen molar-refractivity contribution in [1.82, 2.24) is 19.1 Å². The smallest absolute Gasteiger partial charge is 0.0915 e. The Morgan fingerprint density at radius 3 is 2.27 bits per heavy atom. The average molecular weight is 516 g/mol. The summed E-state index contributed by atoms with van der Waals surface area (Å²) in [5, 5.41) is 3.61. The van der Waals surface area contributed by atoms with E-state index in [0.29, 0.717) is 11.4 Å². The van der Waals surface area contributed by atoms with Gasteiger partial charge in [0.1, 0.15) is 0 Å². The number of aliphatic imine (C=N–C) groups is 1. The summed E-state index contributed by atoms with van der Waals surface area (Å²) >= 11 is 0. The normalized spacial score (nSPS) is 11.8. The van der Waals surface area contributed by atoms with Crippen molar-refractivity contribution in [1.29, 1.82) is 0 Å². The molecule has 0 aliphatic heterocycles. The maximum Gasteiger partial charge on any atom is 0.0915 e. The van der Waals surface area contributed by atoms with E-state index in [9.17, 15) is 0 Å². The zero-order valence-electron chi connectivity index (χ0n) is 21.8. The highest BCUT2D eigenvalue weighted by Crippen LogP contribution is 2.38. The van der Waals surface area contributed by atoms with Gasteiger partial charge in [0.25, 0.3) is 0 Å². The van der Waals surface area contributed by atoms with Crippen molar-refractivity contribution < 1.29 is 0 Å². The molecule has 0 aliphatic carbocycles. The summed E-state index contributed by atoms with van der Waals surface area (Å²) in [5.74, 6) is 0. The van der Waals surface area contributed by atoms with Crippen LogP contribution in [0.2, 0.25) is 0 Å². The molecule has 4 aromatic heterocycles. The number of hydrogen-bond acceptors (Lipinski definition) is 3. The second-order valence-corrected chi connectivity index (χ2v) is 9.48. The number of benzene rings is 3. The maximum absolute atomic E-state index is 4.92. The van der Waals surface area contributed by atoms with Crippen LogP contribution >= 0.6 is 0 Å². The molecule has 7 aromatic rings. The van der Waals surface area contributed by atoms with Gasteiger partial charge in [0.15, 0.2) is 0 Å². The third-order valence-electron chi connectivity index (χ3n) is 7.22. The Morgan fingerprint density at radius 1 is 0.700 bits per heavy atom. The summed E-state index contributed by atoms with van der Waals surface area (Å²) in [6, 6.07) is 35.6. The molecule has 0 atom stereocenters. The molecule has 40 heavy (non-hydrogen) atoms. The summed E-state index contributed by atoms with van der Waals surface area (Å²) in [5.41, 5.74) is 8.40. The molecule has 5 heteroatoms. The molecule has 0 saturated carbocycles. The van der Waals surface area contributed by atoms with Crippen LogP contribution in [0.3, 0.4) is 0 Å². The van der Waals surface area contributed by atoms with Crippen molar-refractivity contribution in [2.75, 3.05) is 0 Å². The van der Waals surface area contributed by atoms with E-state index < -0.39 is 0 Å². The first kappa shape index (κ1) is 23.6. The van der Waals surface area contributed by atoms with Gasteiger partial charge in [-0.1, -0.05) is 55.6 Å². The Bertz CT molecular complexity index is 2080. The summed E-state index contributed by atoms with van der Waals surface area (Å²) in [4.78, 5) is 13.9. The van der Waals surface area contributed by atoms with Gasteiger partial charge in [-0.3, -0.25) is 9.98 Å². The van der Waals surface area contributed by atoms with Gasteiger partial charge in [0.05, 0.1) is 45.0 Å². The second-order valence-electron chi connectivity index (χ2n) is 9.48. The second kappa shape index (κ2) is 9.64. The summed E-state index contributed by atoms with van der Waals surface area (Å²) < 4.78 is 4.54. The van der Waals surface area contributed by atoms with Crippen LogP contribution in [-0.2, 0) is 0 Å². The number of aromatic nitrogens is 4. The molecule has 5 nitrogen and oxygen atoms in total. The van der Waals surface area contributed by atoms with Crippen molar-refractivity contribution in [2.24, 2.45) is 4.99 Å². The molecule has 0 N–H and O–H groups in total. The van der Waals surface area contributed by atoms with Crippen LogP contribution in [0, 0.1) is 0 Å². The zero-order valence-corrected chi connectivity index (χ0v) is 21.8. The molecule has 7 rings (SSSR count). The van der Waals surface area contributed by atoms with E-state index in [1.54, 1.807) is 12.3 Å². The molecule has 4 heterocycles. The number of rotatable bonds is 6. The minimum atomic E-state index is 0.650. The lowest BCUT2D eigenvalue weighted by Crippen LogP contribution is -2.05. The first-order chi connectivity index (χ1) is 19.8. The lowest BCUT2D eigenvalue weighted by atomic mass is 10.1. The fourth-order valence-corrected chi connectivity index (χ4v) is 5.52. The topological polar surface area (TPSA) is 48.0 Å². The van der Waals surface area contributed by atoms with E-state index in [-0.39, 0.29) is 0 Å². The average Bonchev–Trinajstić information content (AvgIpc) is 3.60. The Balaban J connectivity index is 1.55. The van der Waals surface area contributed by atoms with E-state index in [2.05, 4.69) is 117 Å². The van der Waals surface area contributed by atoms with Gasteiger partial charge in [0, 0.05) is 40.4 Å². The molecule has 0 aliphatic rings. The first-order valence-electron chi connectivity index (χ1n) is 13.1. The Kier molecular flexibility index (Phi) is 5.68. The van der Waals surface area contributed by atoms with Crippen LogP contribution < -0.4 is 0 Å². The SMILES string of the molecule is C=C/N=C(\C=C)c1cc(-n2c3ccccc3c3c4ccn(-c5ccccc5)c4ccc32)cc(-c2ccccn2)n1. The third kappa shape index (κ3) is 3.76. The van der Waals surface area contributed by atoms with Gasteiger partial charge in [-0.2, -0.15) is 0 Å². The standard InChI is InChI=1S/C35H25N5/c1-3-28(36-4-2)30-22-25(23-31(38-30)29-15-10-11-20-37-29)40-33-16-9-8-14-26(33)35-27-19-21-39(24-12-6-5-7-13-24)32(27)17-18-34(35)40/h3-23H,1-2H2/b36-28+. The van der Waals surface area contributed by atoms with Crippen molar-refractivity contribution in [3.05, 3.63) is 147 Å². The van der Waals surface area contributed by atoms with Gasteiger partial charge < -0.3 is 9.13 Å². The molecule has 3 aromatic carbocycles. The Hall–Kier alpha value is -5.55. The van der Waals surface area contributed by atoms with Crippen LogP contribution in [0.25, 0.3) is 55.5 Å². The number of pyridine rings is 2. The van der Waals surface area contributed by atoms with Gasteiger partial charge in [-0.05, 0) is 66.7 Å². The van der Waals surface area contributed by atoms with Crippen molar-refractivity contribution in [2.45, 2.75) is 0 Å². The first-order valence-corrected chi connectivity index (χ1v) is 13.1. The number of fused-ring (bicyclic) bond motifs is 5. The minimum absolute atomic E-state index is 0.650. The predicted molar refractivity (Wildman–Crippen MR) is 166 cm³/mol. The Morgan fingerprint density at radius 2 is 1.48 bits per heavy atom. The van der Waals surface area contributed by atoms with Gasteiger partial charge in [-0.15, -0.1) is 0 Å². The highest BCUT2D eigenvalue weighted by atomic mass is 15.0.